The quantitative estimate of drug-likeness (QED) is 0.794. The number of nitrogens with two attached hydrogens (primary N) is 1. The van der Waals surface area contributed by atoms with Crippen molar-refractivity contribution in [2.24, 2.45) is 5.73 Å². The van der Waals surface area contributed by atoms with Crippen LogP contribution in [0.15, 0.2) is 18.2 Å². The van der Waals surface area contributed by atoms with Gasteiger partial charge < -0.3 is 15.8 Å². The van der Waals surface area contributed by atoms with E-state index in [9.17, 15) is 4.79 Å². The van der Waals surface area contributed by atoms with E-state index in [1.54, 1.807) is 13.2 Å². The molecule has 0 radical (unpaired) electrons. The molecule has 0 aliphatic heterocycles. The number of anilines is 1. The first-order valence-electron chi connectivity index (χ1n) is 5.21. The molecular weight excluding hydrogens is 204 g/mol. The Morgan fingerprint density at radius 2 is 2.25 bits per heavy atom. The number of nitrogens with one attached hydrogen (secondary N) is 1. The van der Waals surface area contributed by atoms with Gasteiger partial charge in [0, 0.05) is 24.9 Å². The number of hydrogen-bond donors (Lipinski definition) is 2. The molecule has 0 heterocycles. The molecule has 1 atom stereocenters. The van der Waals surface area contributed by atoms with E-state index >= 15 is 0 Å². The fourth-order valence-electron chi connectivity index (χ4n) is 1.40. The summed E-state index contributed by atoms with van der Waals surface area (Å²) in [6.45, 7) is 4.58. The van der Waals surface area contributed by atoms with E-state index in [0.29, 0.717) is 5.56 Å². The van der Waals surface area contributed by atoms with Gasteiger partial charge >= 0.3 is 0 Å². The fraction of sp³-hybridized carbons (Fsp3) is 0.417. The van der Waals surface area contributed by atoms with Crippen LogP contribution in [0.25, 0.3) is 0 Å². The second kappa shape index (κ2) is 5.51. The fourth-order valence-corrected chi connectivity index (χ4v) is 1.40. The lowest BCUT2D eigenvalue weighted by Gasteiger charge is -2.13. The maximum atomic E-state index is 11.0. The molecule has 0 spiro atoms. The van der Waals surface area contributed by atoms with Crippen LogP contribution in [0.5, 0.6) is 0 Å². The molecule has 0 saturated heterocycles. The lowest BCUT2D eigenvalue weighted by Crippen LogP contribution is -2.18. The van der Waals surface area contributed by atoms with Crippen molar-refractivity contribution in [3.63, 3.8) is 0 Å². The van der Waals surface area contributed by atoms with Gasteiger partial charge in [-0.05, 0) is 37.6 Å². The van der Waals surface area contributed by atoms with Gasteiger partial charge in [0.15, 0.2) is 0 Å². The number of hydrogen-bond acceptors (Lipinski definition) is 3. The van der Waals surface area contributed by atoms with E-state index < -0.39 is 5.91 Å². The number of rotatable bonds is 5. The van der Waals surface area contributed by atoms with Gasteiger partial charge in [-0.1, -0.05) is 0 Å². The van der Waals surface area contributed by atoms with E-state index in [1.807, 2.05) is 26.0 Å². The third-order valence-corrected chi connectivity index (χ3v) is 2.49. The Balaban J connectivity index is 2.70. The molecule has 16 heavy (non-hydrogen) atoms. The minimum Gasteiger partial charge on any atom is -0.382 e. The van der Waals surface area contributed by atoms with Crippen molar-refractivity contribution >= 4 is 11.6 Å². The Bertz CT molecular complexity index is 377. The highest BCUT2D eigenvalue weighted by Crippen LogP contribution is 2.14. The summed E-state index contributed by atoms with van der Waals surface area (Å²) in [5.74, 6) is -0.394. The lowest BCUT2D eigenvalue weighted by atomic mass is 10.1. The number of benzene rings is 1. The van der Waals surface area contributed by atoms with Crippen LogP contribution in [-0.2, 0) is 4.74 Å². The Morgan fingerprint density at radius 3 is 2.75 bits per heavy atom. The van der Waals surface area contributed by atoms with Crippen LogP contribution in [0.3, 0.4) is 0 Å². The van der Waals surface area contributed by atoms with E-state index in [1.165, 1.54) is 0 Å². The molecule has 3 N–H and O–H groups in total. The summed E-state index contributed by atoms with van der Waals surface area (Å²) in [5, 5.41) is 3.23. The van der Waals surface area contributed by atoms with Gasteiger partial charge in [0.2, 0.25) is 5.91 Å². The first-order chi connectivity index (χ1) is 7.54. The van der Waals surface area contributed by atoms with Gasteiger partial charge in [0.1, 0.15) is 0 Å². The molecule has 88 valence electrons. The molecular formula is C12H18N2O2. The van der Waals surface area contributed by atoms with Crippen molar-refractivity contribution in [3.8, 4) is 0 Å². The number of carbonyl (C=O) groups is 1. The number of aryl methyl sites for hydroxylation is 1. The molecule has 0 aliphatic carbocycles. The predicted octanol–water partition coefficient (Wildman–Crippen LogP) is 1.54. The normalized spacial score (nSPS) is 12.2. The Kier molecular flexibility index (Phi) is 4.31. The number of ether oxygens (including phenoxy) is 1. The summed E-state index contributed by atoms with van der Waals surface area (Å²) < 4.78 is 5.13. The van der Waals surface area contributed by atoms with Crippen LogP contribution in [0.2, 0.25) is 0 Å². The molecule has 1 unspecified atom stereocenters. The summed E-state index contributed by atoms with van der Waals surface area (Å²) in [6, 6.07) is 5.48. The van der Waals surface area contributed by atoms with Gasteiger partial charge in [-0.25, -0.2) is 0 Å². The molecule has 0 bridgehead atoms. The Morgan fingerprint density at radius 1 is 1.56 bits per heavy atom. The Hall–Kier alpha value is -1.55. The van der Waals surface area contributed by atoms with Crippen LogP contribution in [-0.4, -0.2) is 25.7 Å². The average molecular weight is 222 g/mol. The van der Waals surface area contributed by atoms with Crippen LogP contribution in [0.1, 0.15) is 22.8 Å². The van der Waals surface area contributed by atoms with Crippen molar-refractivity contribution < 1.29 is 9.53 Å². The van der Waals surface area contributed by atoms with E-state index in [-0.39, 0.29) is 6.10 Å². The molecule has 1 aromatic carbocycles. The van der Waals surface area contributed by atoms with E-state index in [4.69, 9.17) is 10.5 Å². The molecule has 1 aromatic rings. The molecule has 4 nitrogen and oxygen atoms in total. The van der Waals surface area contributed by atoms with E-state index in [0.717, 1.165) is 17.8 Å². The summed E-state index contributed by atoms with van der Waals surface area (Å²) in [4.78, 5) is 11.0. The molecule has 0 aromatic heterocycles. The third kappa shape index (κ3) is 3.24. The SMILES string of the molecule is COC(C)CNc1ccc(C(N)=O)c(C)c1. The molecule has 0 fully saturated rings. The largest absolute Gasteiger partial charge is 0.382 e. The highest BCUT2D eigenvalue weighted by molar-refractivity contribution is 5.94. The number of methoxy groups -OCH3 is 1. The summed E-state index contributed by atoms with van der Waals surface area (Å²) >= 11 is 0. The minimum atomic E-state index is -0.394. The van der Waals surface area contributed by atoms with Crippen molar-refractivity contribution in [2.45, 2.75) is 20.0 Å². The second-order valence-electron chi connectivity index (χ2n) is 3.82. The molecule has 0 aliphatic rings. The van der Waals surface area contributed by atoms with Crippen molar-refractivity contribution in [1.29, 1.82) is 0 Å². The van der Waals surface area contributed by atoms with Gasteiger partial charge in [0.05, 0.1) is 6.10 Å². The summed E-state index contributed by atoms with van der Waals surface area (Å²) in [6.07, 6.45) is 0.149. The molecule has 4 heteroatoms. The zero-order valence-corrected chi connectivity index (χ0v) is 9.91. The molecule has 1 rings (SSSR count). The lowest BCUT2D eigenvalue weighted by molar-refractivity contribution is 0.0999. The highest BCUT2D eigenvalue weighted by atomic mass is 16.5. The van der Waals surface area contributed by atoms with Gasteiger partial charge in [-0.15, -0.1) is 0 Å². The molecule has 0 saturated carbocycles. The smallest absolute Gasteiger partial charge is 0.248 e. The first-order valence-corrected chi connectivity index (χ1v) is 5.21. The Labute approximate surface area is 95.8 Å². The number of carbonyl (C=O) groups excluding carboxylic acids is 1. The average Bonchev–Trinajstić information content (AvgIpc) is 2.25. The third-order valence-electron chi connectivity index (χ3n) is 2.49. The zero-order valence-electron chi connectivity index (χ0n) is 9.91. The number of amides is 1. The van der Waals surface area contributed by atoms with Gasteiger partial charge in [-0.3, -0.25) is 4.79 Å². The van der Waals surface area contributed by atoms with Crippen LogP contribution in [0.4, 0.5) is 5.69 Å². The van der Waals surface area contributed by atoms with Crippen molar-refractivity contribution in [2.75, 3.05) is 19.0 Å². The van der Waals surface area contributed by atoms with Crippen molar-refractivity contribution in [3.05, 3.63) is 29.3 Å². The van der Waals surface area contributed by atoms with Crippen LogP contribution in [0, 0.1) is 6.92 Å². The zero-order chi connectivity index (χ0) is 12.1. The number of primary amides is 1. The van der Waals surface area contributed by atoms with Gasteiger partial charge in [0.25, 0.3) is 0 Å². The molecule has 1 amide bonds. The highest BCUT2D eigenvalue weighted by Gasteiger charge is 2.05. The second-order valence-corrected chi connectivity index (χ2v) is 3.82. The topological polar surface area (TPSA) is 64.3 Å². The maximum Gasteiger partial charge on any atom is 0.248 e. The maximum absolute atomic E-state index is 11.0. The minimum absolute atomic E-state index is 0.149. The van der Waals surface area contributed by atoms with Gasteiger partial charge in [-0.2, -0.15) is 0 Å². The summed E-state index contributed by atoms with van der Waals surface area (Å²) in [5.41, 5.74) is 7.63. The first kappa shape index (κ1) is 12.5. The monoisotopic (exact) mass is 222 g/mol. The van der Waals surface area contributed by atoms with Crippen LogP contribution < -0.4 is 11.1 Å². The van der Waals surface area contributed by atoms with Crippen LogP contribution >= 0.6 is 0 Å². The summed E-state index contributed by atoms with van der Waals surface area (Å²) in [7, 11) is 1.67. The van der Waals surface area contributed by atoms with E-state index in [2.05, 4.69) is 5.32 Å². The standard InChI is InChI=1S/C12H18N2O2/c1-8-6-10(14-7-9(2)16-3)4-5-11(8)12(13)15/h4-6,9,14H,7H2,1-3H3,(H2,13,15). The van der Waals surface area contributed by atoms with Crippen molar-refractivity contribution in [1.82, 2.24) is 0 Å². The predicted molar refractivity (Wildman–Crippen MR) is 64.7 cm³/mol.